The first kappa shape index (κ1) is 24.0. The summed E-state index contributed by atoms with van der Waals surface area (Å²) >= 11 is 6.04. The number of carbonyl (C=O) groups excluding carboxylic acids is 1. The van der Waals surface area contributed by atoms with Gasteiger partial charge < -0.3 is 14.6 Å². The molecule has 2 fully saturated rings. The van der Waals surface area contributed by atoms with E-state index in [0.29, 0.717) is 24.4 Å². The Hall–Kier alpha value is -2.14. The number of aromatic amines is 1. The maximum absolute atomic E-state index is 12.7. The molecule has 33 heavy (non-hydrogen) atoms. The lowest BCUT2D eigenvalue weighted by atomic mass is 9.85. The van der Waals surface area contributed by atoms with E-state index in [9.17, 15) is 31.1 Å². The van der Waals surface area contributed by atoms with E-state index in [1.54, 1.807) is 6.07 Å². The summed E-state index contributed by atoms with van der Waals surface area (Å²) in [6.45, 7) is 1.48. The summed E-state index contributed by atoms with van der Waals surface area (Å²) in [5.41, 5.74) is 1.66. The standard InChI is InChI=1S/C21H22ClF6N3O2/c22-14-2-3-16-13(10-14)11-15(29-16)12-31-7-1-4-19(31)5-8-30(9-6-19)18(32)33-17(20(23,24)25)21(26,27)28/h2-3,10-11,17,29H,1,4-9,12H2. The lowest BCUT2D eigenvalue weighted by molar-refractivity contribution is -0.308. The third kappa shape index (κ3) is 5.03. The molecule has 1 amide bonds. The van der Waals surface area contributed by atoms with Crippen LogP contribution in [0.5, 0.6) is 0 Å². The summed E-state index contributed by atoms with van der Waals surface area (Å²) < 4.78 is 80.1. The van der Waals surface area contributed by atoms with E-state index in [0.717, 1.165) is 40.9 Å². The number of piperidine rings is 1. The number of nitrogens with zero attached hydrogens (tertiary/aromatic N) is 2. The predicted octanol–water partition coefficient (Wildman–Crippen LogP) is 5.88. The zero-order valence-corrected chi connectivity index (χ0v) is 18.2. The molecule has 0 unspecified atom stereocenters. The van der Waals surface area contributed by atoms with Gasteiger partial charge in [0.1, 0.15) is 0 Å². The van der Waals surface area contributed by atoms with Crippen LogP contribution in [-0.4, -0.2) is 64.5 Å². The van der Waals surface area contributed by atoms with Crippen molar-refractivity contribution >= 4 is 28.6 Å². The molecule has 4 rings (SSSR count). The molecule has 2 aliphatic heterocycles. The van der Waals surface area contributed by atoms with E-state index < -0.39 is 24.5 Å². The van der Waals surface area contributed by atoms with E-state index >= 15 is 0 Å². The number of H-pyrrole nitrogens is 1. The van der Waals surface area contributed by atoms with Crippen LogP contribution in [-0.2, 0) is 11.3 Å². The van der Waals surface area contributed by atoms with Crippen LogP contribution in [0.25, 0.3) is 10.9 Å². The SMILES string of the molecule is O=C(OC(C(F)(F)F)C(F)(F)F)N1CCC2(CCCN2Cc2cc3cc(Cl)ccc3[nH]2)CC1. The molecule has 0 bridgehead atoms. The summed E-state index contributed by atoms with van der Waals surface area (Å²) in [6, 6.07) is 7.54. The number of likely N-dealkylation sites (tertiary alicyclic amines) is 2. The molecular formula is C21H22ClF6N3O2. The number of alkyl halides is 6. The van der Waals surface area contributed by atoms with Crippen molar-refractivity contribution in [2.45, 2.75) is 56.2 Å². The number of aromatic nitrogens is 1. The van der Waals surface area contributed by atoms with Crippen LogP contribution in [0.4, 0.5) is 31.1 Å². The van der Waals surface area contributed by atoms with Gasteiger partial charge >= 0.3 is 18.4 Å². The largest absolute Gasteiger partial charge is 0.434 e. The summed E-state index contributed by atoms with van der Waals surface area (Å²) in [6.07, 6.45) is -14.5. The quantitative estimate of drug-likeness (QED) is 0.539. The van der Waals surface area contributed by atoms with Crippen molar-refractivity contribution < 1.29 is 35.9 Å². The van der Waals surface area contributed by atoms with Crippen molar-refractivity contribution in [3.8, 4) is 0 Å². The second kappa shape index (κ2) is 8.57. The highest BCUT2D eigenvalue weighted by Crippen LogP contribution is 2.41. The van der Waals surface area contributed by atoms with Crippen LogP contribution >= 0.6 is 11.6 Å². The van der Waals surface area contributed by atoms with Gasteiger partial charge in [0.2, 0.25) is 0 Å². The Kier molecular flexibility index (Phi) is 6.24. The summed E-state index contributed by atoms with van der Waals surface area (Å²) in [5.74, 6) is 0. The summed E-state index contributed by atoms with van der Waals surface area (Å²) in [7, 11) is 0. The average molecular weight is 498 g/mol. The monoisotopic (exact) mass is 497 g/mol. The van der Waals surface area contributed by atoms with Crippen molar-refractivity contribution in [1.82, 2.24) is 14.8 Å². The highest BCUT2D eigenvalue weighted by Gasteiger charge is 2.60. The smallest absolute Gasteiger partial charge is 0.426 e. The van der Waals surface area contributed by atoms with Crippen molar-refractivity contribution in [1.29, 1.82) is 0 Å². The molecule has 0 atom stereocenters. The Morgan fingerprint density at radius 3 is 2.36 bits per heavy atom. The molecule has 2 aromatic rings. The van der Waals surface area contributed by atoms with Crippen LogP contribution in [0.3, 0.4) is 0 Å². The van der Waals surface area contributed by atoms with E-state index in [4.69, 9.17) is 11.6 Å². The van der Waals surface area contributed by atoms with Gasteiger partial charge in [-0.2, -0.15) is 26.3 Å². The van der Waals surface area contributed by atoms with E-state index in [1.165, 1.54) is 0 Å². The molecule has 0 saturated carbocycles. The van der Waals surface area contributed by atoms with Gasteiger partial charge in [0.15, 0.2) is 0 Å². The number of hydrogen-bond acceptors (Lipinski definition) is 3. The van der Waals surface area contributed by atoms with Crippen LogP contribution in [0.2, 0.25) is 5.02 Å². The molecule has 182 valence electrons. The van der Waals surface area contributed by atoms with Crippen molar-refractivity contribution in [2.75, 3.05) is 19.6 Å². The van der Waals surface area contributed by atoms with Crippen LogP contribution in [0.15, 0.2) is 24.3 Å². The number of amides is 1. The average Bonchev–Trinajstić information content (AvgIpc) is 3.28. The summed E-state index contributed by atoms with van der Waals surface area (Å²) in [5, 5.41) is 1.61. The normalized spacial score (nSPS) is 19.7. The van der Waals surface area contributed by atoms with E-state index in [2.05, 4.69) is 14.6 Å². The molecule has 1 aromatic heterocycles. The number of halogens is 7. The molecule has 0 radical (unpaired) electrons. The Labute approximate surface area is 190 Å². The molecule has 5 nitrogen and oxygen atoms in total. The fraction of sp³-hybridized carbons (Fsp3) is 0.571. The van der Waals surface area contributed by atoms with Gasteiger partial charge in [-0.1, -0.05) is 11.6 Å². The Morgan fingerprint density at radius 1 is 1.06 bits per heavy atom. The Balaban J connectivity index is 1.40. The number of ether oxygens (including phenoxy) is 1. The molecule has 1 spiro atoms. The van der Waals surface area contributed by atoms with Crippen LogP contribution in [0, 0.1) is 0 Å². The van der Waals surface area contributed by atoms with Crippen LogP contribution < -0.4 is 0 Å². The minimum absolute atomic E-state index is 0.0279. The molecule has 2 saturated heterocycles. The third-order valence-corrected chi connectivity index (χ3v) is 6.74. The minimum Gasteiger partial charge on any atom is -0.426 e. The van der Waals surface area contributed by atoms with Gasteiger partial charge in [0.05, 0.1) is 0 Å². The van der Waals surface area contributed by atoms with E-state index in [1.807, 2.05) is 18.2 Å². The third-order valence-electron chi connectivity index (χ3n) is 6.51. The highest BCUT2D eigenvalue weighted by atomic mass is 35.5. The number of fused-ring (bicyclic) bond motifs is 1. The lowest BCUT2D eigenvalue weighted by Gasteiger charge is -2.44. The second-order valence-corrected chi connectivity index (χ2v) is 9.05. The first-order chi connectivity index (χ1) is 15.4. The molecule has 1 aromatic carbocycles. The topological polar surface area (TPSA) is 48.6 Å². The first-order valence-electron chi connectivity index (χ1n) is 10.5. The van der Waals surface area contributed by atoms with Gasteiger partial charge in [-0.05, 0) is 56.5 Å². The van der Waals surface area contributed by atoms with Crippen LogP contribution in [0.1, 0.15) is 31.4 Å². The zero-order chi connectivity index (χ0) is 24.0. The molecule has 3 heterocycles. The first-order valence-corrected chi connectivity index (χ1v) is 10.9. The van der Waals surface area contributed by atoms with Crippen molar-refractivity contribution in [3.63, 3.8) is 0 Å². The Bertz CT molecular complexity index is 1000. The fourth-order valence-corrected chi connectivity index (χ4v) is 5.04. The van der Waals surface area contributed by atoms with Gasteiger partial charge in [-0.25, -0.2) is 4.79 Å². The number of hydrogen-bond donors (Lipinski definition) is 1. The van der Waals surface area contributed by atoms with E-state index in [-0.39, 0.29) is 18.6 Å². The number of carbonyl (C=O) groups is 1. The van der Waals surface area contributed by atoms with Crippen molar-refractivity contribution in [2.24, 2.45) is 0 Å². The maximum Gasteiger partial charge on any atom is 0.434 e. The molecule has 1 N–H and O–H groups in total. The van der Waals surface area contributed by atoms with Gasteiger partial charge in [0, 0.05) is 46.8 Å². The zero-order valence-electron chi connectivity index (χ0n) is 17.4. The second-order valence-electron chi connectivity index (χ2n) is 8.61. The molecule has 0 aliphatic carbocycles. The fourth-order valence-electron chi connectivity index (χ4n) is 4.86. The Morgan fingerprint density at radius 2 is 1.73 bits per heavy atom. The number of benzene rings is 1. The highest BCUT2D eigenvalue weighted by molar-refractivity contribution is 6.31. The number of rotatable bonds is 3. The number of nitrogens with one attached hydrogen (secondary N) is 1. The predicted molar refractivity (Wildman–Crippen MR) is 109 cm³/mol. The van der Waals surface area contributed by atoms with Gasteiger partial charge in [-0.15, -0.1) is 0 Å². The summed E-state index contributed by atoms with van der Waals surface area (Å²) in [4.78, 5) is 18.6. The molecule has 12 heteroatoms. The van der Waals surface area contributed by atoms with Crippen molar-refractivity contribution in [3.05, 3.63) is 35.0 Å². The molecular weight excluding hydrogens is 476 g/mol. The van der Waals surface area contributed by atoms with Gasteiger partial charge in [0.25, 0.3) is 6.10 Å². The minimum atomic E-state index is -5.73. The molecule has 2 aliphatic rings. The van der Waals surface area contributed by atoms with Gasteiger partial charge in [-0.3, -0.25) is 4.90 Å². The maximum atomic E-state index is 12.7. The lowest BCUT2D eigenvalue weighted by Crippen LogP contribution is -2.54.